The minimum Gasteiger partial charge on any atom is -0.483 e. The first-order valence-electron chi connectivity index (χ1n) is 4.80. The third-order valence-electron chi connectivity index (χ3n) is 2.06. The van der Waals surface area contributed by atoms with E-state index < -0.39 is 11.5 Å². The second-order valence-electron chi connectivity index (χ2n) is 3.17. The summed E-state index contributed by atoms with van der Waals surface area (Å²) in [6, 6.07) is 3.81. The van der Waals surface area contributed by atoms with Crippen molar-refractivity contribution in [2.45, 2.75) is 6.61 Å². The lowest BCUT2D eigenvalue weighted by Crippen LogP contribution is -2.25. The van der Waals surface area contributed by atoms with E-state index in [2.05, 4.69) is 5.32 Å². The van der Waals surface area contributed by atoms with Gasteiger partial charge in [0.05, 0.1) is 11.5 Å². The number of nitrogens with zero attached hydrogens (tertiary/aromatic N) is 1. The Morgan fingerprint density at radius 1 is 1.59 bits per heavy atom. The fourth-order valence-electron chi connectivity index (χ4n) is 1.16. The lowest BCUT2D eigenvalue weighted by Gasteiger charge is -2.08. The first kappa shape index (κ1) is 12.9. The van der Waals surface area contributed by atoms with Crippen molar-refractivity contribution in [3.05, 3.63) is 33.9 Å². The molecule has 0 heterocycles. The molecule has 1 aromatic carbocycles. The van der Waals surface area contributed by atoms with E-state index in [0.717, 1.165) is 0 Å². The Balaban J connectivity index is 2.85. The summed E-state index contributed by atoms with van der Waals surface area (Å²) in [5.74, 6) is -0.0751. The number of likely N-dealkylation sites (N-methyl/N-ethyl adjacent to an activating group) is 1. The molecule has 2 N–H and O–H groups in total. The van der Waals surface area contributed by atoms with Gasteiger partial charge in [0, 0.05) is 24.7 Å². The lowest BCUT2D eigenvalue weighted by atomic mass is 10.2. The quantitative estimate of drug-likeness (QED) is 0.566. The van der Waals surface area contributed by atoms with Crippen molar-refractivity contribution in [2.75, 3.05) is 13.7 Å². The number of carbonyl (C=O) groups is 1. The van der Waals surface area contributed by atoms with Crippen LogP contribution in [-0.4, -0.2) is 29.6 Å². The molecule has 0 saturated carbocycles. The van der Waals surface area contributed by atoms with Crippen LogP contribution in [0.3, 0.4) is 0 Å². The van der Waals surface area contributed by atoms with Gasteiger partial charge in [-0.2, -0.15) is 0 Å². The average molecular weight is 240 g/mol. The molecular weight excluding hydrogens is 228 g/mol. The van der Waals surface area contributed by atoms with Gasteiger partial charge in [-0.3, -0.25) is 14.9 Å². The van der Waals surface area contributed by atoms with Gasteiger partial charge in [0.2, 0.25) is 0 Å². The Hall–Kier alpha value is -2.15. The van der Waals surface area contributed by atoms with Crippen LogP contribution >= 0.6 is 0 Å². The minimum atomic E-state index is -0.568. The van der Waals surface area contributed by atoms with Gasteiger partial charge in [-0.05, 0) is 6.07 Å². The number of non-ortho nitro benzene ring substituents is 1. The van der Waals surface area contributed by atoms with Crippen molar-refractivity contribution < 1.29 is 19.6 Å². The van der Waals surface area contributed by atoms with Gasteiger partial charge >= 0.3 is 0 Å². The smallest absolute Gasteiger partial charge is 0.270 e. The fraction of sp³-hybridized carbons (Fsp3) is 0.300. The fourth-order valence-corrected chi connectivity index (χ4v) is 1.16. The Morgan fingerprint density at radius 2 is 2.29 bits per heavy atom. The molecule has 92 valence electrons. The van der Waals surface area contributed by atoms with Gasteiger partial charge in [-0.1, -0.05) is 0 Å². The second-order valence-corrected chi connectivity index (χ2v) is 3.17. The van der Waals surface area contributed by atoms with Gasteiger partial charge < -0.3 is 15.2 Å². The van der Waals surface area contributed by atoms with Crippen molar-refractivity contribution in [2.24, 2.45) is 0 Å². The van der Waals surface area contributed by atoms with Crippen LogP contribution in [0.2, 0.25) is 0 Å². The van der Waals surface area contributed by atoms with Crippen molar-refractivity contribution in [3.63, 3.8) is 0 Å². The molecule has 0 atom stereocenters. The number of nitro benzene ring substituents is 1. The maximum Gasteiger partial charge on any atom is 0.270 e. The highest BCUT2D eigenvalue weighted by Crippen LogP contribution is 2.24. The van der Waals surface area contributed by atoms with E-state index >= 15 is 0 Å². The summed E-state index contributed by atoms with van der Waals surface area (Å²) < 4.78 is 5.12. The number of aliphatic hydroxyl groups is 1. The summed E-state index contributed by atoms with van der Waals surface area (Å²) in [6.45, 7) is -0.605. The number of amides is 1. The van der Waals surface area contributed by atoms with Crippen LogP contribution in [0.25, 0.3) is 0 Å². The van der Waals surface area contributed by atoms with Gasteiger partial charge in [-0.15, -0.1) is 0 Å². The molecule has 0 radical (unpaired) electrons. The Bertz CT molecular complexity index is 433. The predicted molar refractivity (Wildman–Crippen MR) is 58.6 cm³/mol. The van der Waals surface area contributed by atoms with E-state index in [-0.39, 0.29) is 29.5 Å². The first-order chi connectivity index (χ1) is 8.08. The minimum absolute atomic E-state index is 0.138. The van der Waals surface area contributed by atoms with E-state index in [1.54, 1.807) is 0 Å². The summed E-state index contributed by atoms with van der Waals surface area (Å²) in [5.41, 5.74) is 0.129. The normalized spacial score (nSPS) is 9.76. The van der Waals surface area contributed by atoms with Crippen LogP contribution < -0.4 is 10.1 Å². The number of nitrogens with one attached hydrogen (secondary N) is 1. The highest BCUT2D eigenvalue weighted by atomic mass is 16.6. The molecule has 0 bridgehead atoms. The van der Waals surface area contributed by atoms with Crippen molar-refractivity contribution in [3.8, 4) is 5.75 Å². The van der Waals surface area contributed by atoms with Crippen molar-refractivity contribution in [1.82, 2.24) is 5.32 Å². The van der Waals surface area contributed by atoms with Crippen LogP contribution in [0.15, 0.2) is 18.2 Å². The highest BCUT2D eigenvalue weighted by molar-refractivity contribution is 5.77. The third kappa shape index (κ3) is 3.42. The largest absolute Gasteiger partial charge is 0.483 e. The summed E-state index contributed by atoms with van der Waals surface area (Å²) in [6.07, 6.45) is 0. The molecule has 0 fully saturated rings. The number of rotatable bonds is 5. The van der Waals surface area contributed by atoms with Crippen LogP contribution in [0.4, 0.5) is 5.69 Å². The molecular formula is C10H12N2O5. The molecule has 0 aromatic heterocycles. The van der Waals surface area contributed by atoms with E-state index in [1.165, 1.54) is 25.2 Å². The highest BCUT2D eigenvalue weighted by Gasteiger charge is 2.11. The average Bonchev–Trinajstić information content (AvgIpc) is 2.35. The number of ether oxygens (including phenoxy) is 1. The van der Waals surface area contributed by atoms with E-state index in [9.17, 15) is 14.9 Å². The molecule has 0 aliphatic carbocycles. The van der Waals surface area contributed by atoms with E-state index in [1.807, 2.05) is 0 Å². The number of carbonyl (C=O) groups excluding carboxylic acids is 1. The summed E-state index contributed by atoms with van der Waals surface area (Å²) in [4.78, 5) is 20.9. The van der Waals surface area contributed by atoms with Crippen molar-refractivity contribution in [1.29, 1.82) is 0 Å². The first-order valence-corrected chi connectivity index (χ1v) is 4.80. The van der Waals surface area contributed by atoms with E-state index in [4.69, 9.17) is 9.84 Å². The Labute approximate surface area is 97.2 Å². The van der Waals surface area contributed by atoms with Gasteiger partial charge in [-0.25, -0.2) is 0 Å². The molecule has 1 rings (SSSR count). The molecule has 0 unspecified atom stereocenters. The lowest BCUT2D eigenvalue weighted by molar-refractivity contribution is -0.385. The molecule has 7 heteroatoms. The molecule has 0 aliphatic rings. The molecule has 7 nitrogen and oxygen atoms in total. The monoisotopic (exact) mass is 240 g/mol. The number of nitro groups is 1. The van der Waals surface area contributed by atoms with Crippen LogP contribution in [0.5, 0.6) is 5.75 Å². The standard InChI is InChI=1S/C10H12N2O5/c1-11-10(14)6-17-9-3-2-8(12(15)16)4-7(9)5-13/h2-4,13H,5-6H2,1H3,(H,11,14). The number of aliphatic hydroxyl groups excluding tert-OH is 1. The Morgan fingerprint density at radius 3 is 2.82 bits per heavy atom. The molecule has 1 aromatic rings. The zero-order valence-electron chi connectivity index (χ0n) is 9.17. The third-order valence-corrected chi connectivity index (χ3v) is 2.06. The zero-order valence-corrected chi connectivity index (χ0v) is 9.17. The zero-order chi connectivity index (χ0) is 12.8. The summed E-state index contributed by atoms with van der Waals surface area (Å²) in [5, 5.41) is 21.9. The maximum atomic E-state index is 11.0. The van der Waals surface area contributed by atoms with Crippen molar-refractivity contribution >= 4 is 11.6 Å². The molecule has 0 spiro atoms. The second kappa shape index (κ2) is 5.80. The SMILES string of the molecule is CNC(=O)COc1ccc([N+](=O)[O-])cc1CO. The summed E-state index contributed by atoms with van der Waals surface area (Å²) in [7, 11) is 1.47. The number of hydrogen-bond donors (Lipinski definition) is 2. The molecule has 0 saturated heterocycles. The van der Waals surface area contributed by atoms with Crippen LogP contribution in [-0.2, 0) is 11.4 Å². The molecule has 17 heavy (non-hydrogen) atoms. The number of hydrogen-bond acceptors (Lipinski definition) is 5. The van der Waals surface area contributed by atoms with Crippen LogP contribution in [0.1, 0.15) is 5.56 Å². The maximum absolute atomic E-state index is 11.0. The van der Waals surface area contributed by atoms with E-state index in [0.29, 0.717) is 0 Å². The topological polar surface area (TPSA) is 102 Å². The summed E-state index contributed by atoms with van der Waals surface area (Å²) >= 11 is 0. The molecule has 1 amide bonds. The van der Waals surface area contributed by atoms with Gasteiger partial charge in [0.1, 0.15) is 5.75 Å². The van der Waals surface area contributed by atoms with Gasteiger partial charge in [0.25, 0.3) is 11.6 Å². The number of benzene rings is 1. The van der Waals surface area contributed by atoms with Crippen LogP contribution in [0, 0.1) is 10.1 Å². The molecule has 0 aliphatic heterocycles. The Kier molecular flexibility index (Phi) is 4.41. The predicted octanol–water partition coefficient (Wildman–Crippen LogP) is 0.212. The van der Waals surface area contributed by atoms with Gasteiger partial charge in [0.15, 0.2) is 6.61 Å².